The molecule has 15 heavy (non-hydrogen) atoms. The maximum atomic E-state index is 2.39. The van der Waals surface area contributed by atoms with Crippen LogP contribution in [0.25, 0.3) is 0 Å². The van der Waals surface area contributed by atoms with E-state index in [9.17, 15) is 0 Å². The van der Waals surface area contributed by atoms with Gasteiger partial charge in [0.1, 0.15) is 0 Å². The third-order valence-corrected chi connectivity index (χ3v) is 5.89. The molecule has 92 valence electrons. The molecular formula is C14H31P. The Balaban J connectivity index is 3.29. The van der Waals surface area contributed by atoms with Crippen molar-refractivity contribution in [1.82, 2.24) is 0 Å². The summed E-state index contributed by atoms with van der Waals surface area (Å²) >= 11 is 0. The topological polar surface area (TPSA) is 0 Å². The number of hydrogen-bond acceptors (Lipinski definition) is 0. The standard InChI is InChI=1S/C14H31P/c1-4-7-9-11-13-15(6-3)14-12-10-8-5-2/h4-14H2,1-3H3. The molecule has 0 saturated carbocycles. The fraction of sp³-hybridized carbons (Fsp3) is 1.00. The molecule has 0 N–H and O–H groups in total. The van der Waals surface area contributed by atoms with Crippen molar-refractivity contribution >= 4 is 7.92 Å². The van der Waals surface area contributed by atoms with Gasteiger partial charge in [-0.1, -0.05) is 59.3 Å². The molecule has 0 aliphatic carbocycles. The second-order valence-corrected chi connectivity index (χ2v) is 7.42. The lowest BCUT2D eigenvalue weighted by Gasteiger charge is -2.15. The van der Waals surface area contributed by atoms with Crippen LogP contribution < -0.4 is 0 Å². The third-order valence-electron chi connectivity index (χ3n) is 3.10. The van der Waals surface area contributed by atoms with E-state index in [1.807, 2.05) is 0 Å². The zero-order chi connectivity index (χ0) is 11.4. The van der Waals surface area contributed by atoms with Gasteiger partial charge in [-0.05, 0) is 31.3 Å². The van der Waals surface area contributed by atoms with Gasteiger partial charge in [0.05, 0.1) is 0 Å². The van der Waals surface area contributed by atoms with Gasteiger partial charge in [-0.25, -0.2) is 0 Å². The van der Waals surface area contributed by atoms with Crippen LogP contribution in [0.15, 0.2) is 0 Å². The fourth-order valence-corrected chi connectivity index (χ4v) is 4.15. The largest absolute Gasteiger partial charge is 0.107 e. The first kappa shape index (κ1) is 15.4. The van der Waals surface area contributed by atoms with Crippen LogP contribution in [0.4, 0.5) is 0 Å². The van der Waals surface area contributed by atoms with Crippen LogP contribution in [0.1, 0.15) is 72.1 Å². The maximum absolute atomic E-state index is 2.39. The Kier molecular flexibility index (Phi) is 12.9. The van der Waals surface area contributed by atoms with E-state index < -0.39 is 0 Å². The van der Waals surface area contributed by atoms with Gasteiger partial charge < -0.3 is 0 Å². The van der Waals surface area contributed by atoms with Crippen LogP contribution in [-0.2, 0) is 0 Å². The van der Waals surface area contributed by atoms with Crippen molar-refractivity contribution in [2.45, 2.75) is 72.1 Å². The Labute approximate surface area is 99.0 Å². The summed E-state index contributed by atoms with van der Waals surface area (Å²) in [6.45, 7) is 6.99. The van der Waals surface area contributed by atoms with Crippen molar-refractivity contribution in [3.63, 3.8) is 0 Å². The first-order chi connectivity index (χ1) is 7.35. The van der Waals surface area contributed by atoms with Crippen LogP contribution >= 0.6 is 7.92 Å². The predicted molar refractivity (Wildman–Crippen MR) is 75.5 cm³/mol. The second-order valence-electron chi connectivity index (χ2n) is 4.56. The Bertz CT molecular complexity index is 99.9. The molecule has 0 bridgehead atoms. The number of rotatable bonds is 11. The molecule has 0 aliphatic heterocycles. The van der Waals surface area contributed by atoms with E-state index >= 15 is 0 Å². The SMILES string of the molecule is CCCCCCP(CC)CCCCCC. The van der Waals surface area contributed by atoms with Gasteiger partial charge in [0.15, 0.2) is 0 Å². The number of unbranched alkanes of at least 4 members (excludes halogenated alkanes) is 6. The average Bonchev–Trinajstić information content (AvgIpc) is 2.27. The molecule has 0 amide bonds. The highest BCUT2D eigenvalue weighted by molar-refractivity contribution is 7.57. The van der Waals surface area contributed by atoms with Gasteiger partial charge >= 0.3 is 0 Å². The summed E-state index contributed by atoms with van der Waals surface area (Å²) in [6.07, 6.45) is 16.2. The van der Waals surface area contributed by atoms with Crippen LogP contribution in [0, 0.1) is 0 Å². The summed E-state index contributed by atoms with van der Waals surface area (Å²) in [5.74, 6) is 0. The van der Waals surface area contributed by atoms with Crippen molar-refractivity contribution in [2.75, 3.05) is 18.5 Å². The van der Waals surface area contributed by atoms with Crippen molar-refractivity contribution in [1.29, 1.82) is 0 Å². The minimum absolute atomic E-state index is 0.408. The van der Waals surface area contributed by atoms with E-state index in [0.29, 0.717) is 7.92 Å². The zero-order valence-electron chi connectivity index (χ0n) is 11.2. The molecule has 0 saturated heterocycles. The minimum atomic E-state index is 0.408. The summed E-state index contributed by atoms with van der Waals surface area (Å²) in [7, 11) is 0.408. The third kappa shape index (κ3) is 10.7. The Morgan fingerprint density at radius 2 is 1.07 bits per heavy atom. The molecule has 0 spiro atoms. The molecule has 0 rings (SSSR count). The monoisotopic (exact) mass is 230 g/mol. The van der Waals surface area contributed by atoms with Crippen molar-refractivity contribution in [3.8, 4) is 0 Å². The van der Waals surface area contributed by atoms with Gasteiger partial charge in [-0.15, -0.1) is 7.92 Å². The Morgan fingerprint density at radius 3 is 1.40 bits per heavy atom. The average molecular weight is 230 g/mol. The molecule has 0 aromatic rings. The predicted octanol–water partition coefficient (Wildman–Crippen LogP) is 5.65. The molecule has 0 nitrogen and oxygen atoms in total. The Morgan fingerprint density at radius 1 is 0.600 bits per heavy atom. The van der Waals surface area contributed by atoms with Crippen molar-refractivity contribution < 1.29 is 0 Å². The van der Waals surface area contributed by atoms with E-state index in [-0.39, 0.29) is 0 Å². The molecule has 1 heteroatoms. The molecule has 0 aromatic carbocycles. The van der Waals surface area contributed by atoms with E-state index in [0.717, 1.165) is 0 Å². The molecule has 0 aliphatic rings. The van der Waals surface area contributed by atoms with Crippen LogP contribution in [0.5, 0.6) is 0 Å². The molecule has 0 unspecified atom stereocenters. The molecule has 0 radical (unpaired) electrons. The van der Waals surface area contributed by atoms with E-state index in [1.54, 1.807) is 12.3 Å². The normalized spacial score (nSPS) is 11.2. The smallest absolute Gasteiger partial charge is 0.0326 e. The van der Waals surface area contributed by atoms with Crippen molar-refractivity contribution in [2.24, 2.45) is 0 Å². The highest BCUT2D eigenvalue weighted by Gasteiger charge is 2.04. The van der Waals surface area contributed by atoms with E-state index in [1.165, 1.54) is 57.5 Å². The van der Waals surface area contributed by atoms with Crippen LogP contribution in [-0.4, -0.2) is 18.5 Å². The van der Waals surface area contributed by atoms with Crippen LogP contribution in [0.2, 0.25) is 0 Å². The van der Waals surface area contributed by atoms with Gasteiger partial charge in [0, 0.05) is 0 Å². The highest BCUT2D eigenvalue weighted by atomic mass is 31.1. The molecule has 0 aromatic heterocycles. The lowest BCUT2D eigenvalue weighted by molar-refractivity contribution is 0.696. The zero-order valence-corrected chi connectivity index (χ0v) is 12.1. The van der Waals surface area contributed by atoms with E-state index in [2.05, 4.69) is 20.8 Å². The fourth-order valence-electron chi connectivity index (χ4n) is 1.95. The van der Waals surface area contributed by atoms with Gasteiger partial charge in [-0.3, -0.25) is 0 Å². The summed E-state index contributed by atoms with van der Waals surface area (Å²) in [6, 6.07) is 0. The summed E-state index contributed by atoms with van der Waals surface area (Å²) in [5, 5.41) is 0. The summed E-state index contributed by atoms with van der Waals surface area (Å²) in [5.41, 5.74) is 0. The highest BCUT2D eigenvalue weighted by Crippen LogP contribution is 2.37. The number of hydrogen-bond donors (Lipinski definition) is 0. The lowest BCUT2D eigenvalue weighted by Crippen LogP contribution is -1.94. The quantitative estimate of drug-likeness (QED) is 0.318. The molecule has 0 heterocycles. The molecular weight excluding hydrogens is 199 g/mol. The van der Waals surface area contributed by atoms with Gasteiger partial charge in [0.25, 0.3) is 0 Å². The van der Waals surface area contributed by atoms with Crippen LogP contribution in [0.3, 0.4) is 0 Å². The summed E-state index contributed by atoms with van der Waals surface area (Å²) < 4.78 is 0. The molecule has 0 fully saturated rings. The summed E-state index contributed by atoms with van der Waals surface area (Å²) in [4.78, 5) is 0. The lowest BCUT2D eigenvalue weighted by atomic mass is 10.2. The second kappa shape index (κ2) is 12.5. The Hall–Kier alpha value is 0.430. The van der Waals surface area contributed by atoms with Crippen molar-refractivity contribution in [3.05, 3.63) is 0 Å². The first-order valence-electron chi connectivity index (χ1n) is 7.07. The van der Waals surface area contributed by atoms with E-state index in [4.69, 9.17) is 0 Å². The molecule has 0 atom stereocenters. The first-order valence-corrected chi connectivity index (χ1v) is 8.97. The maximum Gasteiger partial charge on any atom is -0.0326 e. The minimum Gasteiger partial charge on any atom is -0.107 e. The van der Waals surface area contributed by atoms with Gasteiger partial charge in [0.2, 0.25) is 0 Å². The van der Waals surface area contributed by atoms with Gasteiger partial charge in [-0.2, -0.15) is 0 Å².